The van der Waals surface area contributed by atoms with Gasteiger partial charge in [-0.3, -0.25) is 9.59 Å². The van der Waals surface area contributed by atoms with E-state index in [0.29, 0.717) is 22.4 Å². The van der Waals surface area contributed by atoms with Crippen molar-refractivity contribution in [3.8, 4) is 17.1 Å². The number of amides is 2. The van der Waals surface area contributed by atoms with Crippen LogP contribution in [0.25, 0.3) is 17.0 Å². The molecule has 1 aliphatic heterocycles. The molecule has 2 amide bonds. The predicted octanol–water partition coefficient (Wildman–Crippen LogP) is 3.37. The van der Waals surface area contributed by atoms with Crippen molar-refractivity contribution in [2.45, 2.75) is 19.1 Å². The van der Waals surface area contributed by atoms with Crippen LogP contribution in [-0.2, 0) is 11.0 Å². The minimum atomic E-state index is -4.42. The van der Waals surface area contributed by atoms with E-state index < -0.39 is 29.6 Å². The van der Waals surface area contributed by atoms with E-state index in [-0.39, 0.29) is 23.9 Å². The number of nitrogens with two attached hydrogens (primary N) is 2. The third kappa shape index (κ3) is 5.08. The number of anilines is 1. The van der Waals surface area contributed by atoms with Gasteiger partial charge in [-0.1, -0.05) is 18.2 Å². The van der Waals surface area contributed by atoms with Crippen molar-refractivity contribution in [1.29, 1.82) is 0 Å². The van der Waals surface area contributed by atoms with Crippen LogP contribution in [0.15, 0.2) is 54.6 Å². The van der Waals surface area contributed by atoms with Crippen LogP contribution in [-0.4, -0.2) is 34.4 Å². The van der Waals surface area contributed by atoms with Crippen molar-refractivity contribution in [2.75, 3.05) is 11.9 Å². The number of halogens is 3. The Labute approximate surface area is 197 Å². The van der Waals surface area contributed by atoms with Crippen LogP contribution >= 0.6 is 0 Å². The zero-order chi connectivity index (χ0) is 25.3. The van der Waals surface area contributed by atoms with E-state index >= 15 is 0 Å². The third-order valence-electron chi connectivity index (χ3n) is 5.35. The summed E-state index contributed by atoms with van der Waals surface area (Å²) >= 11 is 0. The monoisotopic (exact) mass is 483 g/mol. The SMILES string of the molecule is C[C@H](Nc1cc(C(N)=O)nc(-c2ccc3c(c2)OCC=C3c2ccc(C(F)(F)F)cc2)n1)C(N)=O. The first-order valence-corrected chi connectivity index (χ1v) is 10.4. The van der Waals surface area contributed by atoms with Gasteiger partial charge in [-0.05, 0) is 48.4 Å². The Bertz CT molecular complexity index is 1340. The second-order valence-corrected chi connectivity index (χ2v) is 7.81. The lowest BCUT2D eigenvalue weighted by atomic mass is 9.93. The third-order valence-corrected chi connectivity index (χ3v) is 5.35. The lowest BCUT2D eigenvalue weighted by Crippen LogP contribution is -2.33. The molecule has 0 bridgehead atoms. The molecule has 4 rings (SSSR count). The Balaban J connectivity index is 1.70. The second-order valence-electron chi connectivity index (χ2n) is 7.81. The molecule has 11 heteroatoms. The number of fused-ring (bicyclic) bond motifs is 1. The van der Waals surface area contributed by atoms with Crippen molar-refractivity contribution < 1.29 is 27.5 Å². The molecule has 1 atom stereocenters. The van der Waals surface area contributed by atoms with Crippen molar-refractivity contribution in [3.63, 3.8) is 0 Å². The fourth-order valence-corrected chi connectivity index (χ4v) is 3.51. The largest absolute Gasteiger partial charge is 0.489 e. The summed E-state index contributed by atoms with van der Waals surface area (Å²) in [5.41, 5.74) is 12.4. The molecule has 0 saturated carbocycles. The molecule has 0 fully saturated rings. The second kappa shape index (κ2) is 9.09. The van der Waals surface area contributed by atoms with Gasteiger partial charge >= 0.3 is 6.18 Å². The molecule has 0 spiro atoms. The zero-order valence-corrected chi connectivity index (χ0v) is 18.4. The summed E-state index contributed by atoms with van der Waals surface area (Å²) in [6.45, 7) is 1.74. The van der Waals surface area contributed by atoms with Crippen LogP contribution in [0.4, 0.5) is 19.0 Å². The maximum atomic E-state index is 12.9. The lowest BCUT2D eigenvalue weighted by Gasteiger charge is -2.20. The first-order valence-electron chi connectivity index (χ1n) is 10.4. The molecule has 1 aliphatic rings. The molecular formula is C24H20F3N5O3. The number of carbonyl (C=O) groups excluding carboxylic acids is 2. The van der Waals surface area contributed by atoms with Crippen LogP contribution in [0.1, 0.15) is 34.1 Å². The molecule has 0 aliphatic carbocycles. The Hall–Kier alpha value is -4.41. The van der Waals surface area contributed by atoms with Gasteiger partial charge in [-0.15, -0.1) is 0 Å². The van der Waals surface area contributed by atoms with Crippen LogP contribution in [0.5, 0.6) is 5.75 Å². The first kappa shape index (κ1) is 23.7. The lowest BCUT2D eigenvalue weighted by molar-refractivity contribution is -0.137. The fraction of sp³-hybridized carbons (Fsp3) is 0.167. The van der Waals surface area contributed by atoms with E-state index in [0.717, 1.165) is 17.7 Å². The summed E-state index contributed by atoms with van der Waals surface area (Å²) in [5, 5.41) is 2.80. The Morgan fingerprint density at radius 1 is 1.03 bits per heavy atom. The van der Waals surface area contributed by atoms with Gasteiger partial charge in [0.15, 0.2) is 5.82 Å². The molecule has 2 heterocycles. The van der Waals surface area contributed by atoms with Gasteiger partial charge in [-0.2, -0.15) is 13.2 Å². The van der Waals surface area contributed by atoms with Crippen molar-refractivity contribution >= 4 is 23.2 Å². The molecule has 0 saturated heterocycles. The number of nitrogens with zero attached hydrogens (tertiary/aromatic N) is 2. The highest BCUT2D eigenvalue weighted by atomic mass is 19.4. The number of hydrogen-bond donors (Lipinski definition) is 3. The number of rotatable bonds is 6. The van der Waals surface area contributed by atoms with E-state index in [1.54, 1.807) is 24.3 Å². The molecule has 5 N–H and O–H groups in total. The predicted molar refractivity (Wildman–Crippen MR) is 122 cm³/mol. The maximum Gasteiger partial charge on any atom is 0.416 e. The van der Waals surface area contributed by atoms with Crippen LogP contribution in [0.2, 0.25) is 0 Å². The Morgan fingerprint density at radius 3 is 2.34 bits per heavy atom. The molecule has 0 radical (unpaired) electrons. The number of primary amides is 2. The quantitative estimate of drug-likeness (QED) is 0.492. The molecule has 3 aromatic rings. The summed E-state index contributed by atoms with van der Waals surface area (Å²) in [5.74, 6) is -0.606. The van der Waals surface area contributed by atoms with Gasteiger partial charge < -0.3 is 21.5 Å². The number of alkyl halides is 3. The minimum Gasteiger partial charge on any atom is -0.489 e. The van der Waals surface area contributed by atoms with E-state index in [1.807, 2.05) is 0 Å². The van der Waals surface area contributed by atoms with Crippen molar-refractivity contribution in [2.24, 2.45) is 11.5 Å². The number of benzene rings is 2. The maximum absolute atomic E-state index is 12.9. The van der Waals surface area contributed by atoms with Crippen molar-refractivity contribution in [3.05, 3.63) is 77.0 Å². The van der Waals surface area contributed by atoms with Gasteiger partial charge in [-0.25, -0.2) is 9.97 Å². The highest BCUT2D eigenvalue weighted by Gasteiger charge is 2.30. The number of aromatic nitrogens is 2. The molecule has 1 aromatic heterocycles. The number of hydrogen-bond acceptors (Lipinski definition) is 6. The standard InChI is InChI=1S/C24H20F3N5O3/c1-12(21(28)33)30-20-11-18(22(29)34)31-23(32-20)14-4-7-17-16(8-9-35-19(17)10-14)13-2-5-15(6-3-13)24(25,26)27/h2-8,10-12H,9H2,1H3,(H2,28,33)(H2,29,34)(H,30,31,32)/t12-/m0/s1. The fourth-order valence-electron chi connectivity index (χ4n) is 3.51. The molecular weight excluding hydrogens is 463 g/mol. The average molecular weight is 483 g/mol. The summed E-state index contributed by atoms with van der Waals surface area (Å²) in [6, 6.07) is 10.5. The van der Waals surface area contributed by atoms with E-state index in [4.69, 9.17) is 16.2 Å². The highest BCUT2D eigenvalue weighted by Crippen LogP contribution is 2.38. The van der Waals surface area contributed by atoms with Gasteiger partial charge in [0, 0.05) is 17.2 Å². The minimum absolute atomic E-state index is 0.0712. The van der Waals surface area contributed by atoms with Crippen LogP contribution < -0.4 is 21.5 Å². The first-order chi connectivity index (χ1) is 16.5. The molecule has 8 nitrogen and oxygen atoms in total. The van der Waals surface area contributed by atoms with Gasteiger partial charge in [0.1, 0.15) is 29.9 Å². The topological polar surface area (TPSA) is 133 Å². The summed E-state index contributed by atoms with van der Waals surface area (Å²) in [4.78, 5) is 31.7. The number of nitrogens with one attached hydrogen (secondary N) is 1. The van der Waals surface area contributed by atoms with E-state index in [9.17, 15) is 22.8 Å². The van der Waals surface area contributed by atoms with E-state index in [2.05, 4.69) is 15.3 Å². The number of ether oxygens (including phenoxy) is 1. The zero-order valence-electron chi connectivity index (χ0n) is 18.4. The smallest absolute Gasteiger partial charge is 0.416 e. The van der Waals surface area contributed by atoms with Crippen LogP contribution in [0, 0.1) is 0 Å². The summed E-state index contributed by atoms with van der Waals surface area (Å²) in [7, 11) is 0. The Kier molecular flexibility index (Phi) is 6.16. The molecule has 2 aromatic carbocycles. The molecule has 35 heavy (non-hydrogen) atoms. The summed E-state index contributed by atoms with van der Waals surface area (Å²) < 4.78 is 44.5. The normalized spacial score (nSPS) is 13.8. The van der Waals surface area contributed by atoms with Crippen LogP contribution in [0.3, 0.4) is 0 Å². The summed E-state index contributed by atoms with van der Waals surface area (Å²) in [6.07, 6.45) is -2.64. The highest BCUT2D eigenvalue weighted by molar-refractivity contribution is 5.92. The molecule has 180 valence electrons. The van der Waals surface area contributed by atoms with Crippen molar-refractivity contribution in [1.82, 2.24) is 9.97 Å². The number of carbonyl (C=O) groups is 2. The van der Waals surface area contributed by atoms with Gasteiger partial charge in [0.25, 0.3) is 5.91 Å². The Morgan fingerprint density at radius 2 is 1.71 bits per heavy atom. The van der Waals surface area contributed by atoms with E-state index in [1.165, 1.54) is 25.1 Å². The van der Waals surface area contributed by atoms with Gasteiger partial charge in [0.05, 0.1) is 5.56 Å². The molecule has 0 unspecified atom stereocenters. The average Bonchev–Trinajstić information content (AvgIpc) is 2.82. The van der Waals surface area contributed by atoms with Gasteiger partial charge in [0.2, 0.25) is 5.91 Å².